The zero-order chi connectivity index (χ0) is 13.6. The fraction of sp³-hybridized carbons (Fsp3) is 1.00. The van der Waals surface area contributed by atoms with E-state index in [9.17, 15) is 21.6 Å². The molecule has 100 valence electrons. The van der Waals surface area contributed by atoms with Crippen molar-refractivity contribution < 1.29 is 39.1 Å². The van der Waals surface area contributed by atoms with Crippen molar-refractivity contribution in [2.45, 2.75) is 25.3 Å². The van der Waals surface area contributed by atoms with E-state index in [1.807, 2.05) is 6.92 Å². The summed E-state index contributed by atoms with van der Waals surface area (Å²) in [6.07, 6.45) is 1.33. The molecule has 0 atom stereocenters. The Balaban J connectivity index is 0. The van der Waals surface area contributed by atoms with E-state index in [0.29, 0.717) is 6.42 Å². The molecule has 2 N–H and O–H groups in total. The molecular formula is C5H11F3O6S2. The number of halogens is 3. The van der Waals surface area contributed by atoms with E-state index in [-0.39, 0.29) is 5.75 Å². The van der Waals surface area contributed by atoms with E-state index >= 15 is 0 Å². The van der Waals surface area contributed by atoms with Gasteiger partial charge in [0, 0.05) is 0 Å². The van der Waals surface area contributed by atoms with E-state index in [4.69, 9.17) is 17.5 Å². The van der Waals surface area contributed by atoms with Crippen molar-refractivity contribution in [3.05, 3.63) is 0 Å². The van der Waals surface area contributed by atoms with E-state index < -0.39 is 25.7 Å². The molecule has 0 saturated carbocycles. The first-order valence-electron chi connectivity index (χ1n) is 3.80. The molecule has 0 radical (unpaired) electrons. The van der Waals surface area contributed by atoms with Gasteiger partial charge in [0.15, 0.2) is 0 Å². The van der Waals surface area contributed by atoms with E-state index in [1.165, 1.54) is 0 Å². The molecule has 0 aromatic carbocycles. The highest BCUT2D eigenvalue weighted by Crippen LogP contribution is 2.20. The number of hydrogen-bond donors (Lipinski definition) is 2. The molecule has 0 amide bonds. The molecule has 0 aliphatic rings. The van der Waals surface area contributed by atoms with Crippen LogP contribution < -0.4 is 0 Å². The monoisotopic (exact) mass is 288 g/mol. The second kappa shape index (κ2) is 6.37. The van der Waals surface area contributed by atoms with Gasteiger partial charge in [-0.15, -0.1) is 0 Å². The average molecular weight is 288 g/mol. The predicted octanol–water partition coefficient (Wildman–Crippen LogP) is 1.07. The second-order valence-corrected chi connectivity index (χ2v) is 5.55. The molecular weight excluding hydrogens is 277 g/mol. The van der Waals surface area contributed by atoms with Crippen LogP contribution in [0.4, 0.5) is 13.2 Å². The fourth-order valence-electron chi connectivity index (χ4n) is 0.327. The van der Waals surface area contributed by atoms with Crippen molar-refractivity contribution in [1.82, 2.24) is 0 Å². The third-order valence-electron chi connectivity index (χ3n) is 1.05. The van der Waals surface area contributed by atoms with Crippen LogP contribution in [0.1, 0.15) is 19.8 Å². The summed E-state index contributed by atoms with van der Waals surface area (Å²) in [5.74, 6) is -0.108. The van der Waals surface area contributed by atoms with Crippen molar-refractivity contribution in [3.8, 4) is 0 Å². The summed E-state index contributed by atoms with van der Waals surface area (Å²) in [5, 5.41) is 0. The van der Waals surface area contributed by atoms with Gasteiger partial charge in [0.2, 0.25) is 0 Å². The third kappa shape index (κ3) is 11.7. The van der Waals surface area contributed by atoms with E-state index in [2.05, 4.69) is 0 Å². The first kappa shape index (κ1) is 18.0. The summed E-state index contributed by atoms with van der Waals surface area (Å²) < 4.78 is 85.6. The SMILES string of the molecule is CCCCS(=O)(=O)O.O=S(=O)(O)C(F)(F)F. The Morgan fingerprint density at radius 3 is 1.44 bits per heavy atom. The van der Waals surface area contributed by atoms with Crippen LogP contribution in [0.3, 0.4) is 0 Å². The third-order valence-corrected chi connectivity index (χ3v) is 2.44. The highest BCUT2D eigenvalue weighted by Gasteiger charge is 2.44. The maximum absolute atomic E-state index is 10.7. The Labute approximate surface area is 91.0 Å². The highest BCUT2D eigenvalue weighted by atomic mass is 32.2. The minimum Gasteiger partial charge on any atom is -0.286 e. The lowest BCUT2D eigenvalue weighted by Crippen LogP contribution is -2.21. The molecule has 11 heteroatoms. The fourth-order valence-corrected chi connectivity index (χ4v) is 0.980. The summed E-state index contributed by atoms with van der Waals surface area (Å²) in [6.45, 7) is 1.87. The summed E-state index contributed by atoms with van der Waals surface area (Å²) in [7, 11) is -9.53. The van der Waals surface area contributed by atoms with Crippen LogP contribution in [0.15, 0.2) is 0 Å². The van der Waals surface area contributed by atoms with Crippen LogP contribution in [0.5, 0.6) is 0 Å². The molecule has 0 rings (SSSR count). The quantitative estimate of drug-likeness (QED) is 0.594. The van der Waals surface area contributed by atoms with E-state index in [1.54, 1.807) is 0 Å². The average Bonchev–Trinajstić information content (AvgIpc) is 1.96. The van der Waals surface area contributed by atoms with Gasteiger partial charge in [-0.05, 0) is 6.42 Å². The van der Waals surface area contributed by atoms with Gasteiger partial charge in [-0.1, -0.05) is 13.3 Å². The lowest BCUT2D eigenvalue weighted by Gasteiger charge is -1.97. The van der Waals surface area contributed by atoms with Gasteiger partial charge in [0.25, 0.3) is 10.1 Å². The molecule has 0 saturated heterocycles. The molecule has 16 heavy (non-hydrogen) atoms. The number of hydrogen-bond acceptors (Lipinski definition) is 4. The van der Waals surface area contributed by atoms with Crippen molar-refractivity contribution in [3.63, 3.8) is 0 Å². The zero-order valence-electron chi connectivity index (χ0n) is 8.10. The van der Waals surface area contributed by atoms with Crippen molar-refractivity contribution >= 4 is 20.2 Å². The molecule has 6 nitrogen and oxygen atoms in total. The summed E-state index contributed by atoms with van der Waals surface area (Å²) >= 11 is 0. The lowest BCUT2D eigenvalue weighted by atomic mass is 10.4. The van der Waals surface area contributed by atoms with Gasteiger partial charge >= 0.3 is 15.6 Å². The predicted molar refractivity (Wildman–Crippen MR) is 48.9 cm³/mol. The molecule has 0 aromatic heterocycles. The number of rotatable bonds is 3. The number of unbranched alkanes of at least 4 members (excludes halogenated alkanes) is 1. The Hall–Kier alpha value is -0.390. The molecule has 0 aliphatic heterocycles. The smallest absolute Gasteiger partial charge is 0.286 e. The van der Waals surface area contributed by atoms with Crippen LogP contribution in [0.25, 0.3) is 0 Å². The van der Waals surface area contributed by atoms with Gasteiger partial charge in [0.05, 0.1) is 5.75 Å². The Bertz CT molecular complexity index is 381. The molecule has 0 spiro atoms. The van der Waals surface area contributed by atoms with Gasteiger partial charge in [0.1, 0.15) is 0 Å². The maximum atomic E-state index is 10.7. The standard InChI is InChI=1S/C4H10O3S.CHF3O3S/c1-2-3-4-8(5,6)7;2-1(3,4)8(5,6)7/h2-4H2,1H3,(H,5,6,7);(H,5,6,7). The Morgan fingerprint density at radius 2 is 1.38 bits per heavy atom. The van der Waals surface area contributed by atoms with Crippen molar-refractivity contribution in [1.29, 1.82) is 0 Å². The zero-order valence-corrected chi connectivity index (χ0v) is 9.73. The van der Waals surface area contributed by atoms with E-state index in [0.717, 1.165) is 6.42 Å². The van der Waals surface area contributed by atoms with Crippen LogP contribution in [-0.4, -0.2) is 37.2 Å². The molecule has 0 unspecified atom stereocenters. The first-order valence-corrected chi connectivity index (χ1v) is 6.85. The minimum absolute atomic E-state index is 0.108. The van der Waals surface area contributed by atoms with Crippen LogP contribution in [0, 0.1) is 0 Å². The molecule has 0 heterocycles. The summed E-state index contributed by atoms with van der Waals surface area (Å²) in [4.78, 5) is 0. The van der Waals surface area contributed by atoms with Gasteiger partial charge in [-0.25, -0.2) is 0 Å². The molecule has 0 bridgehead atoms. The van der Waals surface area contributed by atoms with Gasteiger partial charge in [-0.3, -0.25) is 9.11 Å². The van der Waals surface area contributed by atoms with Crippen molar-refractivity contribution in [2.75, 3.05) is 5.75 Å². The number of alkyl halides is 3. The summed E-state index contributed by atoms with van der Waals surface area (Å²) in [5.41, 5.74) is -5.53. The maximum Gasteiger partial charge on any atom is 0.522 e. The molecule has 0 aliphatic carbocycles. The lowest BCUT2D eigenvalue weighted by molar-refractivity contribution is -0.0510. The Morgan fingerprint density at radius 1 is 1.06 bits per heavy atom. The van der Waals surface area contributed by atoms with Gasteiger partial charge in [-0.2, -0.15) is 30.0 Å². The highest BCUT2D eigenvalue weighted by molar-refractivity contribution is 7.86. The normalized spacial score (nSPS) is 12.9. The van der Waals surface area contributed by atoms with Gasteiger partial charge < -0.3 is 0 Å². The largest absolute Gasteiger partial charge is 0.522 e. The second-order valence-electron chi connectivity index (χ2n) is 2.56. The summed E-state index contributed by atoms with van der Waals surface area (Å²) in [6, 6.07) is 0. The van der Waals surface area contributed by atoms with Crippen LogP contribution in [0.2, 0.25) is 0 Å². The van der Waals surface area contributed by atoms with Crippen LogP contribution in [-0.2, 0) is 20.2 Å². The minimum atomic E-state index is -5.84. The molecule has 0 fully saturated rings. The van der Waals surface area contributed by atoms with Crippen LogP contribution >= 0.6 is 0 Å². The first-order chi connectivity index (χ1) is 6.81. The topological polar surface area (TPSA) is 109 Å². The molecule has 0 aromatic rings. The Kier molecular flexibility index (Phi) is 7.16. The van der Waals surface area contributed by atoms with Crippen molar-refractivity contribution in [2.24, 2.45) is 0 Å².